The van der Waals surface area contributed by atoms with E-state index in [4.69, 9.17) is 10.1 Å². The monoisotopic (exact) mass is 369 g/mol. The van der Waals surface area contributed by atoms with Gasteiger partial charge in [-0.05, 0) is 23.6 Å². The first-order chi connectivity index (χ1) is 13.6. The summed E-state index contributed by atoms with van der Waals surface area (Å²) in [5.41, 5.74) is 0.000781. The summed E-state index contributed by atoms with van der Waals surface area (Å²) < 4.78 is 5.19. The number of allylic oxidation sites excluding steroid dienone is 2. The molecule has 28 heavy (non-hydrogen) atoms. The molecule has 0 fully saturated rings. The van der Waals surface area contributed by atoms with Gasteiger partial charge < -0.3 is 10.1 Å². The van der Waals surface area contributed by atoms with Gasteiger partial charge in [0.1, 0.15) is 5.92 Å². The van der Waals surface area contributed by atoms with Gasteiger partial charge in [0.25, 0.3) is 0 Å². The van der Waals surface area contributed by atoms with E-state index in [-0.39, 0.29) is 12.3 Å². The van der Waals surface area contributed by atoms with Gasteiger partial charge in [-0.1, -0.05) is 66.7 Å². The molecule has 1 aliphatic rings. The van der Waals surface area contributed by atoms with Gasteiger partial charge in [0.05, 0.1) is 24.5 Å². The van der Waals surface area contributed by atoms with Crippen LogP contribution in [-0.4, -0.2) is 18.3 Å². The zero-order valence-corrected chi connectivity index (χ0v) is 15.4. The van der Waals surface area contributed by atoms with Crippen LogP contribution in [0.5, 0.6) is 0 Å². The van der Waals surface area contributed by atoms with E-state index < -0.39 is 23.2 Å². The zero-order chi connectivity index (χ0) is 20.1. The fourth-order valence-electron chi connectivity index (χ4n) is 3.64. The molecule has 1 aliphatic carbocycles. The van der Waals surface area contributed by atoms with E-state index >= 15 is 0 Å². The van der Waals surface area contributed by atoms with Crippen LogP contribution >= 0.6 is 0 Å². The summed E-state index contributed by atoms with van der Waals surface area (Å²) in [4.78, 5) is 12.9. The molecular weight excluding hydrogens is 350 g/mol. The number of carbonyl (C=O) groups excluding carboxylic acids is 1. The second-order valence-electron chi connectivity index (χ2n) is 6.49. The van der Waals surface area contributed by atoms with Gasteiger partial charge in [-0.25, -0.2) is 4.79 Å². The molecule has 1 N–H and O–H groups in total. The van der Waals surface area contributed by atoms with Gasteiger partial charge in [0.2, 0.25) is 5.41 Å². The Kier molecular flexibility index (Phi) is 5.38. The van der Waals surface area contributed by atoms with Crippen LogP contribution in [0.15, 0.2) is 66.7 Å². The molecule has 0 radical (unpaired) electrons. The van der Waals surface area contributed by atoms with E-state index in [2.05, 4.69) is 6.07 Å². The number of ether oxygens (including phenoxy) is 1. The Hall–Kier alpha value is -3.70. The van der Waals surface area contributed by atoms with E-state index in [0.717, 1.165) is 5.56 Å². The number of carbonyl (C=O) groups is 1. The average molecular weight is 369 g/mol. The summed E-state index contributed by atoms with van der Waals surface area (Å²) in [7, 11) is 0. The molecule has 0 aromatic heterocycles. The van der Waals surface area contributed by atoms with Crippen molar-refractivity contribution < 1.29 is 9.53 Å². The highest BCUT2D eigenvalue weighted by molar-refractivity contribution is 6.16. The Morgan fingerprint density at radius 3 is 2.25 bits per heavy atom. The Morgan fingerprint density at radius 2 is 1.71 bits per heavy atom. The maximum absolute atomic E-state index is 12.9. The lowest BCUT2D eigenvalue weighted by atomic mass is 9.60. The van der Waals surface area contributed by atoms with Crippen molar-refractivity contribution in [3.63, 3.8) is 0 Å². The van der Waals surface area contributed by atoms with Crippen molar-refractivity contribution in [3.05, 3.63) is 77.9 Å². The maximum atomic E-state index is 12.9. The number of nitrogens with zero attached hydrogens (tertiary/aromatic N) is 2. The molecule has 3 rings (SSSR count). The average Bonchev–Trinajstić information content (AvgIpc) is 2.74. The normalized spacial score (nSPS) is 23.8. The number of hydrogen-bond donors (Lipinski definition) is 1. The van der Waals surface area contributed by atoms with E-state index in [0.29, 0.717) is 11.1 Å². The van der Waals surface area contributed by atoms with Gasteiger partial charge in [-0.15, -0.1) is 0 Å². The summed E-state index contributed by atoms with van der Waals surface area (Å²) in [5.74, 6) is -2.53. The van der Waals surface area contributed by atoms with E-state index in [1.54, 1.807) is 13.0 Å². The first-order valence-electron chi connectivity index (χ1n) is 8.99. The molecule has 0 unspecified atom stereocenters. The molecule has 0 bridgehead atoms. The summed E-state index contributed by atoms with van der Waals surface area (Å²) in [5, 5.41) is 28.6. The minimum absolute atomic E-state index is 0.0868. The van der Waals surface area contributed by atoms with E-state index in [1.807, 2.05) is 66.7 Å². The Balaban J connectivity index is 2.30. The van der Waals surface area contributed by atoms with Crippen molar-refractivity contribution in [2.24, 2.45) is 11.3 Å². The van der Waals surface area contributed by atoms with Crippen LogP contribution in [-0.2, 0) is 9.53 Å². The van der Waals surface area contributed by atoms with E-state index in [9.17, 15) is 15.3 Å². The first-order valence-corrected chi connectivity index (χ1v) is 8.99. The maximum Gasteiger partial charge on any atom is 0.333 e. The number of benzene rings is 2. The third-order valence-corrected chi connectivity index (χ3v) is 5.01. The lowest BCUT2D eigenvalue weighted by Crippen LogP contribution is -2.49. The molecule has 2 aromatic carbocycles. The summed E-state index contributed by atoms with van der Waals surface area (Å²) in [6, 6.07) is 22.5. The molecule has 0 saturated carbocycles. The van der Waals surface area contributed by atoms with Crippen LogP contribution in [0.1, 0.15) is 24.0 Å². The largest absolute Gasteiger partial charge is 0.464 e. The molecule has 5 nitrogen and oxygen atoms in total. The number of hydrogen-bond acceptors (Lipinski definition) is 5. The van der Waals surface area contributed by atoms with Crippen molar-refractivity contribution in [1.29, 1.82) is 15.9 Å². The predicted molar refractivity (Wildman–Crippen MR) is 105 cm³/mol. The molecule has 0 heterocycles. The molecule has 0 spiro atoms. The molecule has 2 aromatic rings. The molecule has 0 saturated heterocycles. The fourth-order valence-corrected chi connectivity index (χ4v) is 3.64. The highest BCUT2D eigenvalue weighted by Gasteiger charge is 2.56. The highest BCUT2D eigenvalue weighted by Crippen LogP contribution is 2.48. The van der Waals surface area contributed by atoms with Gasteiger partial charge >= 0.3 is 5.97 Å². The third kappa shape index (κ3) is 2.98. The molecule has 138 valence electrons. The Morgan fingerprint density at radius 1 is 1.11 bits per heavy atom. The quantitative estimate of drug-likeness (QED) is 0.820. The van der Waals surface area contributed by atoms with Crippen LogP contribution in [0.25, 0.3) is 5.57 Å². The number of rotatable bonds is 4. The standard InChI is InChI=1S/C23H19N3O2/c1-2-28-22(27)23(15-25)20(17-11-7-4-8-12-17)13-18(19(14-24)21(23)26)16-9-5-3-6-10-16/h3-13,19-20,26H,2H2,1H3/t19-,20+,23-/m0/s1. The summed E-state index contributed by atoms with van der Waals surface area (Å²) in [6.45, 7) is 1.74. The van der Waals surface area contributed by atoms with Crippen molar-refractivity contribution in [2.45, 2.75) is 12.8 Å². The second kappa shape index (κ2) is 7.90. The fraction of sp³-hybridized carbons (Fsp3) is 0.217. The van der Waals surface area contributed by atoms with Crippen molar-refractivity contribution in [3.8, 4) is 12.1 Å². The Labute approximate surface area is 164 Å². The van der Waals surface area contributed by atoms with Gasteiger partial charge in [0.15, 0.2) is 0 Å². The zero-order valence-electron chi connectivity index (χ0n) is 15.4. The minimum atomic E-state index is -1.88. The smallest absolute Gasteiger partial charge is 0.333 e. The van der Waals surface area contributed by atoms with Crippen LogP contribution in [0.2, 0.25) is 0 Å². The molecule has 5 heteroatoms. The number of nitrogens with one attached hydrogen (secondary N) is 1. The van der Waals surface area contributed by atoms with E-state index in [1.165, 1.54) is 0 Å². The minimum Gasteiger partial charge on any atom is -0.464 e. The van der Waals surface area contributed by atoms with Crippen LogP contribution in [0.4, 0.5) is 0 Å². The Bertz CT molecular complexity index is 1000. The van der Waals surface area contributed by atoms with Crippen molar-refractivity contribution in [2.75, 3.05) is 6.61 Å². The van der Waals surface area contributed by atoms with Crippen molar-refractivity contribution >= 4 is 17.3 Å². The second-order valence-corrected chi connectivity index (χ2v) is 6.49. The summed E-state index contributed by atoms with van der Waals surface area (Å²) >= 11 is 0. The molecular formula is C23H19N3O2. The van der Waals surface area contributed by atoms with Crippen LogP contribution in [0, 0.1) is 39.4 Å². The van der Waals surface area contributed by atoms with Crippen LogP contribution in [0.3, 0.4) is 0 Å². The number of nitriles is 2. The van der Waals surface area contributed by atoms with Crippen molar-refractivity contribution in [1.82, 2.24) is 0 Å². The van der Waals surface area contributed by atoms with Crippen LogP contribution < -0.4 is 0 Å². The lowest BCUT2D eigenvalue weighted by Gasteiger charge is -2.38. The van der Waals surface area contributed by atoms with Gasteiger partial charge in [-0.3, -0.25) is 0 Å². The third-order valence-electron chi connectivity index (χ3n) is 5.01. The lowest BCUT2D eigenvalue weighted by molar-refractivity contribution is -0.149. The predicted octanol–water partition coefficient (Wildman–Crippen LogP) is 4.10. The number of esters is 1. The molecule has 0 amide bonds. The van der Waals surface area contributed by atoms with Gasteiger partial charge in [0, 0.05) is 5.92 Å². The van der Waals surface area contributed by atoms with Gasteiger partial charge in [-0.2, -0.15) is 10.5 Å². The first kappa shape index (κ1) is 19.1. The molecule has 3 atom stereocenters. The SMILES string of the molecule is CCOC(=O)[C@]1(C#N)C(=N)[C@@H](C#N)C(c2ccccc2)=C[C@@H]1c1ccccc1. The highest BCUT2D eigenvalue weighted by atomic mass is 16.5. The topological polar surface area (TPSA) is 97.7 Å². The molecule has 0 aliphatic heterocycles. The summed E-state index contributed by atoms with van der Waals surface area (Å²) in [6.07, 6.45) is 1.77.